The number of benzene rings is 1. The summed E-state index contributed by atoms with van der Waals surface area (Å²) in [5.74, 6) is 0. The van der Waals surface area contributed by atoms with Crippen molar-refractivity contribution < 1.29 is 27.3 Å². The Kier molecular flexibility index (Phi) is 4.76. The van der Waals surface area contributed by atoms with Crippen molar-refractivity contribution in [2.24, 2.45) is 0 Å². The summed E-state index contributed by atoms with van der Waals surface area (Å²) in [6, 6.07) is 3.98. The van der Waals surface area contributed by atoms with E-state index < -0.39 is 27.9 Å². The molecule has 5 nitrogen and oxygen atoms in total. The Morgan fingerprint density at radius 3 is 2.32 bits per heavy atom. The van der Waals surface area contributed by atoms with Crippen molar-refractivity contribution in [1.29, 1.82) is 0 Å². The summed E-state index contributed by atoms with van der Waals surface area (Å²) in [7, 11) is -3.09. The molecule has 22 heavy (non-hydrogen) atoms. The highest BCUT2D eigenvalue weighted by Gasteiger charge is 2.38. The van der Waals surface area contributed by atoms with Crippen molar-refractivity contribution in [2.45, 2.75) is 35.3 Å². The van der Waals surface area contributed by atoms with E-state index in [2.05, 4.69) is 10.6 Å². The molecule has 0 bridgehead atoms. The number of aliphatic hydroxyl groups is 1. The van der Waals surface area contributed by atoms with E-state index in [4.69, 9.17) is 0 Å². The maximum absolute atomic E-state index is 12.3. The molecule has 0 saturated heterocycles. The zero-order valence-corrected chi connectivity index (χ0v) is 12.3. The maximum Gasteiger partial charge on any atom is 0.475 e. The van der Waals surface area contributed by atoms with Crippen molar-refractivity contribution in [2.75, 3.05) is 11.9 Å². The molecule has 3 N–H and O–H groups in total. The maximum atomic E-state index is 12.3. The minimum Gasteiger partial charge on any atom is -0.388 e. The van der Waals surface area contributed by atoms with Crippen molar-refractivity contribution in [3.8, 4) is 0 Å². The predicted octanol–water partition coefficient (Wildman–Crippen LogP) is 2.35. The largest absolute Gasteiger partial charge is 0.475 e. The van der Waals surface area contributed by atoms with E-state index in [1.807, 2.05) is 0 Å². The van der Waals surface area contributed by atoms with Gasteiger partial charge in [-0.2, -0.15) is 13.2 Å². The van der Waals surface area contributed by atoms with Gasteiger partial charge in [-0.1, -0.05) is 0 Å². The molecule has 2 rings (SSSR count). The van der Waals surface area contributed by atoms with E-state index in [9.17, 15) is 27.3 Å². The smallest absolute Gasteiger partial charge is 0.388 e. The van der Waals surface area contributed by atoms with Gasteiger partial charge in [-0.15, -0.1) is 0 Å². The van der Waals surface area contributed by atoms with E-state index >= 15 is 0 Å². The minimum atomic E-state index is -4.81. The molecule has 1 aromatic rings. The van der Waals surface area contributed by atoms with Crippen LogP contribution in [0.1, 0.15) is 19.3 Å². The van der Waals surface area contributed by atoms with Crippen LogP contribution in [0.2, 0.25) is 0 Å². The Hall–Kier alpha value is -1.61. The van der Waals surface area contributed by atoms with E-state index in [0.29, 0.717) is 12.8 Å². The Morgan fingerprint density at radius 2 is 1.86 bits per heavy atom. The van der Waals surface area contributed by atoms with Crippen molar-refractivity contribution in [3.05, 3.63) is 24.3 Å². The van der Waals surface area contributed by atoms with Crippen LogP contribution in [0.4, 0.5) is 23.7 Å². The molecule has 1 atom stereocenters. The van der Waals surface area contributed by atoms with Crippen LogP contribution in [0.3, 0.4) is 0 Å². The lowest BCUT2D eigenvalue weighted by molar-refractivity contribution is -0.0384. The number of urea groups is 1. The zero-order valence-electron chi connectivity index (χ0n) is 11.4. The van der Waals surface area contributed by atoms with Gasteiger partial charge in [0.15, 0.2) is 10.8 Å². The van der Waals surface area contributed by atoms with Gasteiger partial charge in [0.25, 0.3) is 0 Å². The number of hydrogen-bond acceptors (Lipinski definition) is 3. The third-order valence-electron chi connectivity index (χ3n) is 3.40. The van der Waals surface area contributed by atoms with Crippen molar-refractivity contribution in [3.63, 3.8) is 0 Å². The lowest BCUT2D eigenvalue weighted by atomic mass is 9.80. The lowest BCUT2D eigenvalue weighted by Gasteiger charge is -2.36. The number of nitrogens with one attached hydrogen (secondary N) is 2. The second kappa shape index (κ2) is 6.25. The molecule has 0 aliphatic heterocycles. The summed E-state index contributed by atoms with van der Waals surface area (Å²) in [5, 5.41) is 14.7. The SMILES string of the molecule is O=C(NCC1(O)CCC1)Nc1ccc(S(=O)C(F)(F)F)cc1. The Morgan fingerprint density at radius 1 is 1.27 bits per heavy atom. The second-order valence-corrected chi connectivity index (χ2v) is 6.60. The molecule has 122 valence electrons. The van der Waals surface area contributed by atoms with Gasteiger partial charge in [0.2, 0.25) is 0 Å². The summed E-state index contributed by atoms with van der Waals surface area (Å²) in [6.07, 6.45) is 2.17. The van der Waals surface area contributed by atoms with Gasteiger partial charge in [0, 0.05) is 17.1 Å². The molecule has 1 aromatic carbocycles. The number of hydrogen-bond donors (Lipinski definition) is 3. The molecule has 1 unspecified atom stereocenters. The Balaban J connectivity index is 1.88. The molecule has 1 aliphatic carbocycles. The first kappa shape index (κ1) is 16.8. The zero-order chi connectivity index (χ0) is 16.4. The van der Waals surface area contributed by atoms with Crippen LogP contribution in [0, 0.1) is 0 Å². The molecular weight excluding hydrogens is 321 g/mol. The number of amides is 2. The monoisotopic (exact) mass is 336 g/mol. The van der Waals surface area contributed by atoms with Gasteiger partial charge in [-0.25, -0.2) is 9.00 Å². The van der Waals surface area contributed by atoms with E-state index in [1.54, 1.807) is 0 Å². The lowest BCUT2D eigenvalue weighted by Crippen LogP contribution is -2.48. The summed E-state index contributed by atoms with van der Waals surface area (Å²) >= 11 is 0. The number of anilines is 1. The highest BCUT2D eigenvalue weighted by Crippen LogP contribution is 2.30. The van der Waals surface area contributed by atoms with Gasteiger partial charge in [-0.05, 0) is 43.5 Å². The molecule has 9 heteroatoms. The normalized spacial score (nSPS) is 18.2. The minimum absolute atomic E-state index is 0.120. The van der Waals surface area contributed by atoms with Crippen LogP contribution in [0.25, 0.3) is 0 Å². The molecule has 0 heterocycles. The summed E-state index contributed by atoms with van der Waals surface area (Å²) in [4.78, 5) is 11.2. The van der Waals surface area contributed by atoms with Crippen molar-refractivity contribution in [1.82, 2.24) is 5.32 Å². The van der Waals surface area contributed by atoms with Crippen LogP contribution in [0.5, 0.6) is 0 Å². The Bertz CT molecular complexity index is 571. The molecule has 1 fully saturated rings. The predicted molar refractivity (Wildman–Crippen MR) is 74.7 cm³/mol. The first-order valence-electron chi connectivity index (χ1n) is 6.56. The fourth-order valence-corrected chi connectivity index (χ4v) is 2.63. The molecule has 0 spiro atoms. The third kappa shape index (κ3) is 4.20. The Labute approximate surface area is 127 Å². The van der Waals surface area contributed by atoms with Gasteiger partial charge in [-0.3, -0.25) is 0 Å². The van der Waals surface area contributed by atoms with E-state index in [1.165, 1.54) is 12.1 Å². The summed E-state index contributed by atoms with van der Waals surface area (Å²) in [6.45, 7) is 0.120. The standard InChI is InChI=1S/C13H15F3N2O3S/c14-13(15,16)22(21)10-4-2-9(3-5-10)18-11(19)17-8-12(20)6-1-7-12/h2-5,20H,1,6-8H2,(H2,17,18,19). The first-order chi connectivity index (χ1) is 10.2. The number of halogens is 3. The molecule has 0 radical (unpaired) electrons. The van der Waals surface area contributed by atoms with Gasteiger partial charge < -0.3 is 15.7 Å². The number of carbonyl (C=O) groups is 1. The number of carbonyl (C=O) groups excluding carboxylic acids is 1. The fourth-order valence-electron chi connectivity index (χ4n) is 1.98. The van der Waals surface area contributed by atoms with Gasteiger partial charge in [0.05, 0.1) is 5.60 Å². The van der Waals surface area contributed by atoms with Crippen LogP contribution >= 0.6 is 0 Å². The highest BCUT2D eigenvalue weighted by atomic mass is 32.2. The molecule has 2 amide bonds. The highest BCUT2D eigenvalue weighted by molar-refractivity contribution is 7.86. The average Bonchev–Trinajstić information content (AvgIpc) is 2.42. The van der Waals surface area contributed by atoms with Crippen LogP contribution < -0.4 is 10.6 Å². The topological polar surface area (TPSA) is 78.4 Å². The average molecular weight is 336 g/mol. The van der Waals surface area contributed by atoms with E-state index in [0.717, 1.165) is 18.6 Å². The number of rotatable bonds is 4. The molecule has 0 aromatic heterocycles. The van der Waals surface area contributed by atoms with Crippen LogP contribution in [0.15, 0.2) is 29.2 Å². The van der Waals surface area contributed by atoms with Crippen LogP contribution in [-0.4, -0.2) is 33.0 Å². The van der Waals surface area contributed by atoms with Gasteiger partial charge >= 0.3 is 11.5 Å². The van der Waals surface area contributed by atoms with Gasteiger partial charge in [0.1, 0.15) is 0 Å². The quantitative estimate of drug-likeness (QED) is 0.790. The molecule has 1 aliphatic rings. The molecule has 1 saturated carbocycles. The summed E-state index contributed by atoms with van der Waals surface area (Å²) < 4.78 is 48.0. The molecular formula is C13H15F3N2O3S. The number of alkyl halides is 3. The first-order valence-corrected chi connectivity index (χ1v) is 7.71. The van der Waals surface area contributed by atoms with Crippen LogP contribution in [-0.2, 0) is 10.8 Å². The summed E-state index contributed by atoms with van der Waals surface area (Å²) in [5.41, 5.74) is -5.41. The fraction of sp³-hybridized carbons (Fsp3) is 0.462. The second-order valence-electron chi connectivity index (χ2n) is 5.12. The van der Waals surface area contributed by atoms with Crippen molar-refractivity contribution >= 4 is 22.5 Å². The third-order valence-corrected chi connectivity index (χ3v) is 4.52. The van der Waals surface area contributed by atoms with E-state index in [-0.39, 0.29) is 17.1 Å².